The van der Waals surface area contributed by atoms with Crippen molar-refractivity contribution in [2.75, 3.05) is 0 Å². The van der Waals surface area contributed by atoms with E-state index in [9.17, 15) is 13.9 Å². The monoisotopic (exact) mass is 475 g/mol. The number of hydrogen-bond acceptors (Lipinski definition) is 4. The fourth-order valence-corrected chi connectivity index (χ4v) is 4.35. The summed E-state index contributed by atoms with van der Waals surface area (Å²) in [6.07, 6.45) is 3.47. The molecular formula is C21H20BrF2N5O. The van der Waals surface area contributed by atoms with Crippen molar-refractivity contribution in [2.45, 2.75) is 38.5 Å². The molecule has 4 rings (SSSR count). The van der Waals surface area contributed by atoms with Crippen molar-refractivity contribution in [2.24, 2.45) is 0 Å². The molecule has 2 aromatic carbocycles. The van der Waals surface area contributed by atoms with Crippen LogP contribution in [0.25, 0.3) is 10.9 Å². The van der Waals surface area contributed by atoms with Crippen molar-refractivity contribution in [3.8, 4) is 0 Å². The first-order valence-corrected chi connectivity index (χ1v) is 10.3. The van der Waals surface area contributed by atoms with E-state index in [1.165, 1.54) is 23.4 Å². The lowest BCUT2D eigenvalue weighted by Gasteiger charge is -2.35. The first-order valence-electron chi connectivity index (χ1n) is 9.51. The summed E-state index contributed by atoms with van der Waals surface area (Å²) in [6, 6.07) is 8.22. The van der Waals surface area contributed by atoms with Crippen molar-refractivity contribution in [3.05, 3.63) is 76.4 Å². The van der Waals surface area contributed by atoms with E-state index >= 15 is 0 Å². The molecule has 0 spiro atoms. The molecule has 1 N–H and O–H groups in total. The lowest BCUT2D eigenvalue weighted by Crippen LogP contribution is -2.41. The van der Waals surface area contributed by atoms with Gasteiger partial charge in [-0.05, 0) is 41.4 Å². The quantitative estimate of drug-likeness (QED) is 0.449. The number of benzene rings is 2. The highest BCUT2D eigenvalue weighted by molar-refractivity contribution is 9.10. The Bertz CT molecular complexity index is 1190. The van der Waals surface area contributed by atoms with E-state index in [1.54, 1.807) is 11.6 Å². The fraction of sp³-hybridized carbons (Fsp3) is 0.286. The molecule has 0 amide bonds. The summed E-state index contributed by atoms with van der Waals surface area (Å²) in [5, 5.41) is 21.6. The van der Waals surface area contributed by atoms with Gasteiger partial charge in [-0.3, -0.25) is 4.68 Å². The number of para-hydroxylation sites is 1. The molecule has 0 aliphatic heterocycles. The summed E-state index contributed by atoms with van der Waals surface area (Å²) in [7, 11) is 0. The van der Waals surface area contributed by atoms with Gasteiger partial charge in [-0.2, -0.15) is 10.2 Å². The lowest BCUT2D eigenvalue weighted by molar-refractivity contribution is -0.0356. The van der Waals surface area contributed by atoms with Gasteiger partial charge in [0.1, 0.15) is 29.9 Å². The van der Waals surface area contributed by atoms with Crippen LogP contribution in [0.2, 0.25) is 0 Å². The molecular weight excluding hydrogens is 456 g/mol. The van der Waals surface area contributed by atoms with Gasteiger partial charge in [0.15, 0.2) is 0 Å². The molecule has 30 heavy (non-hydrogen) atoms. The number of aliphatic hydroxyl groups is 1. The standard InChI is InChI=1S/C21H20BrF2N5O/c1-3-19-15-5-4-6-17(22)20(15)29(27-19)13(2)21(30,10-28-12-25-11-26-28)16-8-7-14(23)9-18(16)24/h4-9,11-13,30H,3,10H2,1-2H3/t13-,21-/m1/s1. The molecule has 0 fully saturated rings. The lowest BCUT2D eigenvalue weighted by atomic mass is 9.86. The van der Waals surface area contributed by atoms with Gasteiger partial charge in [0, 0.05) is 21.5 Å². The summed E-state index contributed by atoms with van der Waals surface area (Å²) >= 11 is 3.57. The number of fused-ring (bicyclic) bond motifs is 1. The number of nitrogens with zero attached hydrogens (tertiary/aromatic N) is 5. The largest absolute Gasteiger partial charge is 0.381 e. The Labute approximate surface area is 180 Å². The first kappa shape index (κ1) is 20.6. The van der Waals surface area contributed by atoms with Crippen molar-refractivity contribution in [1.29, 1.82) is 0 Å². The van der Waals surface area contributed by atoms with Crippen LogP contribution in [0.5, 0.6) is 0 Å². The third-order valence-corrected chi connectivity index (χ3v) is 6.06. The van der Waals surface area contributed by atoms with Crippen LogP contribution >= 0.6 is 15.9 Å². The van der Waals surface area contributed by atoms with Crippen molar-refractivity contribution >= 4 is 26.8 Å². The van der Waals surface area contributed by atoms with Gasteiger partial charge in [0.2, 0.25) is 0 Å². The highest BCUT2D eigenvalue weighted by atomic mass is 79.9. The van der Waals surface area contributed by atoms with Gasteiger partial charge in [0.25, 0.3) is 0 Å². The van der Waals surface area contributed by atoms with Crippen LogP contribution in [-0.2, 0) is 18.6 Å². The molecule has 0 unspecified atom stereocenters. The van der Waals surface area contributed by atoms with E-state index in [0.29, 0.717) is 6.42 Å². The smallest absolute Gasteiger partial charge is 0.137 e. The van der Waals surface area contributed by atoms with E-state index in [1.807, 2.05) is 25.1 Å². The Balaban J connectivity index is 1.93. The Morgan fingerprint density at radius 2 is 2.03 bits per heavy atom. The summed E-state index contributed by atoms with van der Waals surface area (Å²) in [6.45, 7) is 3.66. The number of hydrogen-bond donors (Lipinski definition) is 1. The van der Waals surface area contributed by atoms with Crippen LogP contribution in [0.3, 0.4) is 0 Å². The second kappa shape index (κ2) is 7.88. The summed E-state index contributed by atoms with van der Waals surface area (Å²) in [5.74, 6) is -1.55. The zero-order valence-corrected chi connectivity index (χ0v) is 18.0. The molecule has 2 atom stereocenters. The minimum Gasteiger partial charge on any atom is -0.381 e. The molecule has 0 saturated heterocycles. The average molecular weight is 476 g/mol. The van der Waals surface area contributed by atoms with E-state index in [-0.39, 0.29) is 12.1 Å². The predicted molar refractivity (Wildman–Crippen MR) is 112 cm³/mol. The average Bonchev–Trinajstić information content (AvgIpc) is 3.35. The van der Waals surface area contributed by atoms with Crippen LogP contribution < -0.4 is 0 Å². The SMILES string of the molecule is CCc1nn([C@H](C)[C@](O)(Cn2cncn2)c2ccc(F)cc2F)c2c(Br)cccc12. The third kappa shape index (κ3) is 3.41. The first-order chi connectivity index (χ1) is 14.3. The number of rotatable bonds is 6. The summed E-state index contributed by atoms with van der Waals surface area (Å²) in [5.41, 5.74) is -0.173. The van der Waals surface area contributed by atoms with Gasteiger partial charge in [-0.1, -0.05) is 25.1 Å². The second-order valence-electron chi connectivity index (χ2n) is 7.20. The molecule has 4 aromatic rings. The number of halogens is 3. The third-order valence-electron chi connectivity index (χ3n) is 5.42. The van der Waals surface area contributed by atoms with E-state index in [2.05, 4.69) is 26.0 Å². The Kier molecular flexibility index (Phi) is 5.42. The fourth-order valence-electron chi connectivity index (χ4n) is 3.80. The van der Waals surface area contributed by atoms with Crippen LogP contribution in [0, 0.1) is 11.6 Å². The molecule has 0 bridgehead atoms. The Hall–Kier alpha value is -2.65. The van der Waals surface area contributed by atoms with Crippen LogP contribution in [0.4, 0.5) is 8.78 Å². The maximum Gasteiger partial charge on any atom is 0.137 e. The molecule has 2 heterocycles. The highest BCUT2D eigenvalue weighted by Crippen LogP contribution is 2.39. The predicted octanol–water partition coefficient (Wildman–Crippen LogP) is 4.38. The molecule has 6 nitrogen and oxygen atoms in total. The number of aryl methyl sites for hydroxylation is 1. The van der Waals surface area contributed by atoms with Crippen LogP contribution in [-0.4, -0.2) is 29.7 Å². The topological polar surface area (TPSA) is 68.8 Å². The zero-order chi connectivity index (χ0) is 21.5. The summed E-state index contributed by atoms with van der Waals surface area (Å²) < 4.78 is 32.3. The van der Waals surface area contributed by atoms with Gasteiger partial charge in [-0.25, -0.2) is 18.4 Å². The minimum atomic E-state index is -1.79. The van der Waals surface area contributed by atoms with E-state index in [0.717, 1.165) is 33.2 Å². The molecule has 2 aromatic heterocycles. The maximum atomic E-state index is 14.8. The number of aromatic nitrogens is 5. The minimum absolute atomic E-state index is 0.0411. The van der Waals surface area contributed by atoms with Gasteiger partial charge in [-0.15, -0.1) is 0 Å². The van der Waals surface area contributed by atoms with Crippen LogP contribution in [0.15, 0.2) is 53.5 Å². The van der Waals surface area contributed by atoms with Gasteiger partial charge < -0.3 is 5.11 Å². The molecule has 0 aliphatic rings. The molecule has 156 valence electrons. The Morgan fingerprint density at radius 1 is 1.23 bits per heavy atom. The Morgan fingerprint density at radius 3 is 2.70 bits per heavy atom. The van der Waals surface area contributed by atoms with Crippen LogP contribution in [0.1, 0.15) is 31.1 Å². The molecule has 0 radical (unpaired) electrons. The van der Waals surface area contributed by atoms with Crippen molar-refractivity contribution in [3.63, 3.8) is 0 Å². The highest BCUT2D eigenvalue weighted by Gasteiger charge is 2.41. The van der Waals surface area contributed by atoms with Crippen molar-refractivity contribution in [1.82, 2.24) is 24.5 Å². The zero-order valence-electron chi connectivity index (χ0n) is 16.4. The van der Waals surface area contributed by atoms with E-state index in [4.69, 9.17) is 5.10 Å². The second-order valence-corrected chi connectivity index (χ2v) is 8.05. The van der Waals surface area contributed by atoms with Gasteiger partial charge >= 0.3 is 0 Å². The maximum absolute atomic E-state index is 14.8. The van der Waals surface area contributed by atoms with Crippen molar-refractivity contribution < 1.29 is 13.9 Å². The normalized spacial score (nSPS) is 14.7. The molecule has 9 heteroatoms. The van der Waals surface area contributed by atoms with E-state index < -0.39 is 23.3 Å². The van der Waals surface area contributed by atoms with Gasteiger partial charge in [0.05, 0.1) is 23.8 Å². The molecule has 0 aliphatic carbocycles. The summed E-state index contributed by atoms with van der Waals surface area (Å²) in [4.78, 5) is 3.91. The molecule has 0 saturated carbocycles.